The first kappa shape index (κ1) is 19.9. The molecule has 7 heteroatoms. The van der Waals surface area contributed by atoms with Gasteiger partial charge in [-0.3, -0.25) is 14.5 Å². The zero-order chi connectivity index (χ0) is 20.4. The number of hydrogen-bond donors (Lipinski definition) is 1. The van der Waals surface area contributed by atoms with E-state index >= 15 is 0 Å². The second-order valence-corrected chi connectivity index (χ2v) is 8.97. The zero-order valence-electron chi connectivity index (χ0n) is 15.5. The van der Waals surface area contributed by atoms with Crippen LogP contribution in [0.5, 0.6) is 0 Å². The maximum atomic E-state index is 13.2. The summed E-state index contributed by atoms with van der Waals surface area (Å²) >= 11 is 9.31. The molecule has 0 bridgehead atoms. The molecular weight excluding hydrogens is 424 g/mol. The molecule has 0 spiro atoms. The summed E-state index contributed by atoms with van der Waals surface area (Å²) in [5.74, 6) is 0.154. The van der Waals surface area contributed by atoms with Gasteiger partial charge >= 0.3 is 0 Å². The fourth-order valence-corrected chi connectivity index (χ4v) is 5.00. The summed E-state index contributed by atoms with van der Waals surface area (Å²) in [4.78, 5) is 29.1. The van der Waals surface area contributed by atoms with E-state index in [4.69, 9.17) is 11.6 Å². The van der Waals surface area contributed by atoms with Gasteiger partial charge in [0.1, 0.15) is 0 Å². The molecule has 0 fully saturated rings. The Hall–Kier alpha value is -2.41. The second-order valence-electron chi connectivity index (χ2n) is 6.41. The van der Waals surface area contributed by atoms with Gasteiger partial charge < -0.3 is 5.32 Å². The average molecular weight is 441 g/mol. The van der Waals surface area contributed by atoms with Gasteiger partial charge in [0.05, 0.1) is 17.1 Å². The molecule has 1 aliphatic rings. The number of hydrogen-bond acceptors (Lipinski definition) is 4. The lowest BCUT2D eigenvalue weighted by molar-refractivity contribution is -0.115. The predicted molar refractivity (Wildman–Crippen MR) is 121 cm³/mol. The third-order valence-corrected chi connectivity index (χ3v) is 6.64. The summed E-state index contributed by atoms with van der Waals surface area (Å²) in [6.45, 7) is 1.47. The van der Waals surface area contributed by atoms with Crippen LogP contribution in [0.3, 0.4) is 0 Å². The van der Waals surface area contributed by atoms with E-state index in [1.165, 1.54) is 18.7 Å². The van der Waals surface area contributed by atoms with Crippen molar-refractivity contribution < 1.29 is 9.59 Å². The largest absolute Gasteiger partial charge is 0.326 e. The molecule has 0 saturated heterocycles. The van der Waals surface area contributed by atoms with E-state index in [0.29, 0.717) is 5.02 Å². The summed E-state index contributed by atoms with van der Waals surface area (Å²) in [5.41, 5.74) is 2.42. The maximum Gasteiger partial charge on any atom is 0.241 e. The smallest absolute Gasteiger partial charge is 0.241 e. The first-order valence-corrected chi connectivity index (χ1v) is 11.1. The summed E-state index contributed by atoms with van der Waals surface area (Å²) < 4.78 is 0. The highest BCUT2D eigenvalue weighted by molar-refractivity contribution is 8.00. The van der Waals surface area contributed by atoms with Crippen molar-refractivity contribution in [1.82, 2.24) is 0 Å². The van der Waals surface area contributed by atoms with Crippen LogP contribution < -0.4 is 10.2 Å². The molecule has 3 aromatic carbocycles. The van der Waals surface area contributed by atoms with Crippen LogP contribution in [-0.2, 0) is 9.59 Å². The van der Waals surface area contributed by atoms with E-state index in [-0.39, 0.29) is 17.6 Å². The van der Waals surface area contributed by atoms with Gasteiger partial charge in [-0.15, -0.1) is 11.8 Å². The molecule has 0 aliphatic carbocycles. The van der Waals surface area contributed by atoms with Crippen molar-refractivity contribution in [3.63, 3.8) is 0 Å². The number of amides is 2. The van der Waals surface area contributed by atoms with Crippen LogP contribution >= 0.6 is 35.1 Å². The predicted octanol–water partition coefficient (Wildman–Crippen LogP) is 6.22. The Balaban J connectivity index is 1.55. The van der Waals surface area contributed by atoms with E-state index in [0.717, 1.165) is 31.7 Å². The van der Waals surface area contributed by atoms with Crippen molar-refractivity contribution in [2.45, 2.75) is 21.6 Å². The minimum absolute atomic E-state index is 0.0165. The SMILES string of the molecule is CC(=O)Nc1ccc(SCC(=O)N2c3ccccc3Sc3ccc(Cl)cc32)cc1. The first-order valence-electron chi connectivity index (χ1n) is 8.91. The Morgan fingerprint density at radius 3 is 2.48 bits per heavy atom. The van der Waals surface area contributed by atoms with Crippen molar-refractivity contribution in [3.05, 3.63) is 71.8 Å². The third kappa shape index (κ3) is 4.45. The van der Waals surface area contributed by atoms with Gasteiger partial charge in [-0.05, 0) is 54.6 Å². The molecule has 0 saturated carbocycles. The number of para-hydroxylation sites is 1. The van der Waals surface area contributed by atoms with Crippen LogP contribution in [-0.4, -0.2) is 17.6 Å². The summed E-state index contributed by atoms with van der Waals surface area (Å²) in [6, 6.07) is 21.0. The number of nitrogens with one attached hydrogen (secondary N) is 1. The molecule has 1 heterocycles. The molecule has 2 amide bonds. The van der Waals surface area contributed by atoms with Crippen molar-refractivity contribution in [3.8, 4) is 0 Å². The van der Waals surface area contributed by atoms with Crippen molar-refractivity contribution in [2.24, 2.45) is 0 Å². The summed E-state index contributed by atoms with van der Waals surface area (Å²) in [6.07, 6.45) is 0. The zero-order valence-corrected chi connectivity index (χ0v) is 17.9. The van der Waals surface area contributed by atoms with Gasteiger partial charge in [-0.25, -0.2) is 0 Å². The minimum Gasteiger partial charge on any atom is -0.326 e. The standard InChI is InChI=1S/C22H17ClN2O2S2/c1-14(26)24-16-7-9-17(10-8-16)28-13-22(27)25-18-4-2-3-5-20(18)29-21-11-6-15(23)12-19(21)25/h2-12H,13H2,1H3,(H,24,26). The Bertz CT molecular complexity index is 1090. The molecule has 146 valence electrons. The van der Waals surface area contributed by atoms with E-state index in [2.05, 4.69) is 5.32 Å². The number of carbonyl (C=O) groups is 2. The molecular formula is C22H17ClN2O2S2. The van der Waals surface area contributed by atoms with Gasteiger partial charge in [0.2, 0.25) is 11.8 Å². The quantitative estimate of drug-likeness (QED) is 0.489. The normalized spacial score (nSPS) is 12.1. The third-order valence-electron chi connectivity index (χ3n) is 4.27. The van der Waals surface area contributed by atoms with E-state index in [1.807, 2.05) is 66.7 Å². The second kappa shape index (κ2) is 8.53. The molecule has 29 heavy (non-hydrogen) atoms. The Labute approximate surface area is 182 Å². The molecule has 0 radical (unpaired) electrons. The lowest BCUT2D eigenvalue weighted by Crippen LogP contribution is -2.30. The van der Waals surface area contributed by atoms with Gasteiger partial charge in [0, 0.05) is 32.3 Å². The van der Waals surface area contributed by atoms with Crippen LogP contribution in [0.1, 0.15) is 6.92 Å². The summed E-state index contributed by atoms with van der Waals surface area (Å²) in [5, 5.41) is 3.34. The monoisotopic (exact) mass is 440 g/mol. The lowest BCUT2D eigenvalue weighted by Gasteiger charge is -2.31. The van der Waals surface area contributed by atoms with E-state index in [9.17, 15) is 9.59 Å². The molecule has 1 aliphatic heterocycles. The Kier molecular flexibility index (Phi) is 5.85. The minimum atomic E-state index is -0.112. The van der Waals surface area contributed by atoms with Crippen LogP contribution in [0.15, 0.2) is 81.4 Å². The highest BCUT2D eigenvalue weighted by Gasteiger charge is 2.28. The number of thioether (sulfide) groups is 1. The maximum absolute atomic E-state index is 13.2. The Morgan fingerprint density at radius 1 is 1.00 bits per heavy atom. The van der Waals surface area contributed by atoms with Gasteiger partial charge in [0.15, 0.2) is 0 Å². The highest BCUT2D eigenvalue weighted by Crippen LogP contribution is 2.49. The van der Waals surface area contributed by atoms with Crippen LogP contribution in [0, 0.1) is 0 Å². The number of benzene rings is 3. The number of fused-ring (bicyclic) bond motifs is 2. The molecule has 0 unspecified atom stereocenters. The molecule has 4 nitrogen and oxygen atoms in total. The van der Waals surface area contributed by atoms with Crippen molar-refractivity contribution >= 4 is 64.0 Å². The van der Waals surface area contributed by atoms with Crippen LogP contribution in [0.4, 0.5) is 17.1 Å². The number of halogens is 1. The van der Waals surface area contributed by atoms with Crippen molar-refractivity contribution in [1.29, 1.82) is 0 Å². The van der Waals surface area contributed by atoms with Crippen LogP contribution in [0.2, 0.25) is 5.02 Å². The van der Waals surface area contributed by atoms with Crippen molar-refractivity contribution in [2.75, 3.05) is 16.0 Å². The van der Waals surface area contributed by atoms with Crippen LogP contribution in [0.25, 0.3) is 0 Å². The topological polar surface area (TPSA) is 49.4 Å². The molecule has 4 rings (SSSR count). The molecule has 1 N–H and O–H groups in total. The number of anilines is 3. The van der Waals surface area contributed by atoms with Gasteiger partial charge in [-0.1, -0.05) is 35.5 Å². The number of nitrogens with zero attached hydrogens (tertiary/aromatic N) is 1. The summed E-state index contributed by atoms with van der Waals surface area (Å²) in [7, 11) is 0. The first-order chi connectivity index (χ1) is 14.0. The fraction of sp³-hybridized carbons (Fsp3) is 0.0909. The van der Waals surface area contributed by atoms with E-state index in [1.54, 1.807) is 16.7 Å². The fourth-order valence-electron chi connectivity index (χ4n) is 3.04. The highest BCUT2D eigenvalue weighted by atomic mass is 35.5. The number of rotatable bonds is 4. The average Bonchev–Trinajstić information content (AvgIpc) is 2.71. The van der Waals surface area contributed by atoms with Gasteiger partial charge in [0.25, 0.3) is 0 Å². The van der Waals surface area contributed by atoms with Gasteiger partial charge in [-0.2, -0.15) is 0 Å². The molecule has 0 aromatic heterocycles. The lowest BCUT2D eigenvalue weighted by atomic mass is 10.2. The number of carbonyl (C=O) groups excluding carboxylic acids is 2. The Morgan fingerprint density at radius 2 is 1.72 bits per heavy atom. The van der Waals surface area contributed by atoms with E-state index < -0.39 is 0 Å². The molecule has 3 aromatic rings. The molecule has 0 atom stereocenters.